The maximum absolute atomic E-state index is 13.0. The lowest BCUT2D eigenvalue weighted by molar-refractivity contribution is -0.118. The highest BCUT2D eigenvalue weighted by Crippen LogP contribution is 2.29. The third-order valence-electron chi connectivity index (χ3n) is 5.47. The zero-order valence-corrected chi connectivity index (χ0v) is 18.8. The summed E-state index contributed by atoms with van der Waals surface area (Å²) in [4.78, 5) is 32.2. The molecule has 0 radical (unpaired) electrons. The summed E-state index contributed by atoms with van der Waals surface area (Å²) in [6, 6.07) is 13.9. The van der Waals surface area contributed by atoms with Crippen molar-refractivity contribution in [3.05, 3.63) is 81.6 Å². The van der Waals surface area contributed by atoms with Crippen LogP contribution in [0.15, 0.2) is 48.5 Å². The Bertz CT molecular complexity index is 1110. The Morgan fingerprint density at radius 2 is 1.75 bits per heavy atom. The van der Waals surface area contributed by atoms with Crippen LogP contribution in [0.2, 0.25) is 0 Å². The van der Waals surface area contributed by atoms with Gasteiger partial charge in [-0.15, -0.1) is 0 Å². The van der Waals surface area contributed by atoms with Crippen molar-refractivity contribution >= 4 is 28.3 Å². The number of aromatic nitrogens is 1. The van der Waals surface area contributed by atoms with Crippen molar-refractivity contribution in [2.75, 3.05) is 11.4 Å². The van der Waals surface area contributed by atoms with Crippen molar-refractivity contribution in [2.45, 2.75) is 39.4 Å². The molecule has 166 valence electrons. The van der Waals surface area contributed by atoms with Crippen LogP contribution in [0.1, 0.15) is 38.5 Å². The molecular weight excluding hydrogens is 427 g/mol. The number of anilines is 1. The first kappa shape index (κ1) is 22.1. The summed E-state index contributed by atoms with van der Waals surface area (Å²) in [6.45, 7) is 5.29. The number of benzene rings is 2. The Morgan fingerprint density at radius 3 is 2.47 bits per heavy atom. The highest BCUT2D eigenvalue weighted by Gasteiger charge is 2.34. The summed E-state index contributed by atoms with van der Waals surface area (Å²) in [5.41, 5.74) is 3.73. The predicted octanol–water partition coefficient (Wildman–Crippen LogP) is 3.72. The second kappa shape index (κ2) is 9.58. The molecule has 1 atom stereocenters. The van der Waals surface area contributed by atoms with Gasteiger partial charge < -0.3 is 10.6 Å². The summed E-state index contributed by atoms with van der Waals surface area (Å²) in [6.07, 6.45) is 0.690. The lowest BCUT2D eigenvalue weighted by atomic mass is 10.1. The topological polar surface area (TPSA) is 74.3 Å². The molecule has 1 aromatic heterocycles. The summed E-state index contributed by atoms with van der Waals surface area (Å²) >= 11 is 1.22. The van der Waals surface area contributed by atoms with Crippen molar-refractivity contribution in [2.24, 2.45) is 0 Å². The van der Waals surface area contributed by atoms with Crippen molar-refractivity contribution in [3.8, 4) is 0 Å². The smallest absolute Gasteiger partial charge is 0.263 e. The fourth-order valence-electron chi connectivity index (χ4n) is 3.58. The van der Waals surface area contributed by atoms with E-state index in [2.05, 4.69) is 39.9 Å². The minimum absolute atomic E-state index is 0.0240. The molecule has 4 rings (SSSR count). The van der Waals surface area contributed by atoms with Crippen molar-refractivity contribution in [3.63, 3.8) is 0 Å². The molecule has 0 saturated carbocycles. The predicted molar refractivity (Wildman–Crippen MR) is 123 cm³/mol. The fourth-order valence-corrected chi connectivity index (χ4v) is 4.59. The van der Waals surface area contributed by atoms with Gasteiger partial charge in [-0.1, -0.05) is 53.3 Å². The monoisotopic (exact) mass is 452 g/mol. The quantitative estimate of drug-likeness (QED) is 0.573. The van der Waals surface area contributed by atoms with Gasteiger partial charge in [0.25, 0.3) is 5.91 Å². The Balaban J connectivity index is 1.36. The number of nitrogens with zero attached hydrogens (tertiary/aromatic N) is 2. The number of aryl methyl sites for hydroxylation is 2. The van der Waals surface area contributed by atoms with E-state index >= 15 is 0 Å². The average Bonchev–Trinajstić information content (AvgIpc) is 3.35. The van der Waals surface area contributed by atoms with Crippen molar-refractivity contribution in [1.82, 2.24) is 15.6 Å². The van der Waals surface area contributed by atoms with Crippen LogP contribution >= 0.6 is 11.3 Å². The summed E-state index contributed by atoms with van der Waals surface area (Å²) in [5.74, 6) is -0.592. The minimum atomic E-state index is -0.315. The summed E-state index contributed by atoms with van der Waals surface area (Å²) in [5, 5.41) is 6.71. The van der Waals surface area contributed by atoms with Crippen LogP contribution < -0.4 is 15.5 Å². The molecule has 2 amide bonds. The van der Waals surface area contributed by atoms with E-state index < -0.39 is 0 Å². The maximum atomic E-state index is 13.0. The fraction of sp³-hybridized carbons (Fsp3) is 0.292. The molecule has 0 aliphatic carbocycles. The first-order valence-corrected chi connectivity index (χ1v) is 11.3. The lowest BCUT2D eigenvalue weighted by Crippen LogP contribution is -2.37. The SMILES string of the molecule is Cc1ccc(CNC2CCN(c3nc(C)c(C(=O)NCc4ccc(F)cc4)s3)C2=O)cc1. The molecule has 2 aromatic carbocycles. The number of hydrogen-bond donors (Lipinski definition) is 2. The summed E-state index contributed by atoms with van der Waals surface area (Å²) < 4.78 is 13.0. The van der Waals surface area contributed by atoms with E-state index in [0.29, 0.717) is 41.8 Å². The van der Waals surface area contributed by atoms with E-state index in [1.54, 1.807) is 24.0 Å². The van der Waals surface area contributed by atoms with Crippen LogP contribution in [0.3, 0.4) is 0 Å². The number of amides is 2. The van der Waals surface area contributed by atoms with Gasteiger partial charge in [-0.2, -0.15) is 0 Å². The standard InChI is InChI=1S/C24H25FN4O2S/c1-15-3-5-17(6-4-15)13-26-20-11-12-29(23(20)31)24-28-16(2)21(32-24)22(30)27-14-18-7-9-19(25)10-8-18/h3-10,20,26H,11-14H2,1-2H3,(H,27,30). The van der Waals surface area contributed by atoms with Crippen LogP contribution in [0, 0.1) is 19.7 Å². The normalized spacial score (nSPS) is 15.9. The van der Waals surface area contributed by atoms with Gasteiger partial charge in [0.2, 0.25) is 5.91 Å². The molecule has 3 aromatic rings. The van der Waals surface area contributed by atoms with Gasteiger partial charge in [0.05, 0.1) is 11.7 Å². The van der Waals surface area contributed by atoms with Crippen LogP contribution in [0.4, 0.5) is 9.52 Å². The molecule has 2 heterocycles. The molecule has 1 saturated heterocycles. The molecule has 32 heavy (non-hydrogen) atoms. The summed E-state index contributed by atoms with van der Waals surface area (Å²) in [7, 11) is 0. The maximum Gasteiger partial charge on any atom is 0.263 e. The average molecular weight is 453 g/mol. The zero-order valence-electron chi connectivity index (χ0n) is 18.0. The first-order chi connectivity index (χ1) is 15.4. The largest absolute Gasteiger partial charge is 0.347 e. The van der Waals surface area contributed by atoms with Crippen molar-refractivity contribution in [1.29, 1.82) is 0 Å². The van der Waals surface area contributed by atoms with Gasteiger partial charge >= 0.3 is 0 Å². The van der Waals surface area contributed by atoms with E-state index in [-0.39, 0.29) is 23.7 Å². The van der Waals surface area contributed by atoms with Gasteiger partial charge in [-0.05, 0) is 43.5 Å². The van der Waals surface area contributed by atoms with Gasteiger partial charge in [-0.3, -0.25) is 14.5 Å². The van der Waals surface area contributed by atoms with Gasteiger partial charge in [0.1, 0.15) is 10.7 Å². The Morgan fingerprint density at radius 1 is 1.09 bits per heavy atom. The highest BCUT2D eigenvalue weighted by atomic mass is 32.1. The molecule has 8 heteroatoms. The Labute approximate surface area is 190 Å². The van der Waals surface area contributed by atoms with E-state index in [0.717, 1.165) is 11.1 Å². The van der Waals surface area contributed by atoms with Crippen LogP contribution in [-0.2, 0) is 17.9 Å². The van der Waals surface area contributed by atoms with E-state index in [4.69, 9.17) is 0 Å². The Kier molecular flexibility index (Phi) is 6.62. The van der Waals surface area contributed by atoms with Gasteiger partial charge in [-0.25, -0.2) is 9.37 Å². The molecule has 1 unspecified atom stereocenters. The number of nitrogens with one attached hydrogen (secondary N) is 2. The second-order valence-corrected chi connectivity index (χ2v) is 8.90. The second-order valence-electron chi connectivity index (χ2n) is 7.92. The van der Waals surface area contributed by atoms with Crippen LogP contribution in [0.5, 0.6) is 0 Å². The third kappa shape index (κ3) is 5.03. The molecular formula is C24H25FN4O2S. The number of carbonyl (C=O) groups excluding carboxylic acids is 2. The number of thiazole rings is 1. The molecule has 0 bridgehead atoms. The minimum Gasteiger partial charge on any atom is -0.347 e. The number of halogens is 1. The molecule has 2 N–H and O–H groups in total. The van der Waals surface area contributed by atoms with E-state index in [1.165, 1.54) is 29.0 Å². The number of rotatable bonds is 7. The van der Waals surface area contributed by atoms with Crippen LogP contribution in [-0.4, -0.2) is 29.4 Å². The van der Waals surface area contributed by atoms with E-state index in [1.807, 2.05) is 6.92 Å². The number of hydrogen-bond acceptors (Lipinski definition) is 5. The zero-order chi connectivity index (χ0) is 22.7. The first-order valence-electron chi connectivity index (χ1n) is 10.5. The molecule has 1 fully saturated rings. The van der Waals surface area contributed by atoms with Gasteiger partial charge in [0, 0.05) is 19.6 Å². The van der Waals surface area contributed by atoms with Crippen molar-refractivity contribution < 1.29 is 14.0 Å². The molecule has 0 spiro atoms. The molecule has 1 aliphatic heterocycles. The van der Waals surface area contributed by atoms with E-state index in [9.17, 15) is 14.0 Å². The molecule has 6 nitrogen and oxygen atoms in total. The van der Waals surface area contributed by atoms with Crippen LogP contribution in [0.25, 0.3) is 0 Å². The number of carbonyl (C=O) groups is 2. The molecule has 1 aliphatic rings. The highest BCUT2D eigenvalue weighted by molar-refractivity contribution is 7.17. The third-order valence-corrected chi connectivity index (χ3v) is 6.65. The lowest BCUT2D eigenvalue weighted by Gasteiger charge is -2.14. The Hall–Kier alpha value is -3.10. The van der Waals surface area contributed by atoms with Gasteiger partial charge in [0.15, 0.2) is 5.13 Å².